The van der Waals surface area contributed by atoms with Crippen LogP contribution in [0.1, 0.15) is 63.0 Å². The van der Waals surface area contributed by atoms with E-state index < -0.39 is 0 Å². The van der Waals surface area contributed by atoms with E-state index in [4.69, 9.17) is 0 Å². The van der Waals surface area contributed by atoms with E-state index in [1.807, 2.05) is 0 Å². The second-order valence-corrected chi connectivity index (χ2v) is 8.36. The lowest BCUT2D eigenvalue weighted by atomic mass is 9.72. The minimum Gasteiger partial charge on any atom is -0.300 e. The van der Waals surface area contributed by atoms with Crippen LogP contribution in [0.25, 0.3) is 0 Å². The highest BCUT2D eigenvalue weighted by Gasteiger charge is 2.41. The summed E-state index contributed by atoms with van der Waals surface area (Å²) in [5.74, 6) is 0.984. The summed E-state index contributed by atoms with van der Waals surface area (Å²) in [5, 5.41) is 0. The lowest BCUT2D eigenvalue weighted by Crippen LogP contribution is -2.50. The Morgan fingerprint density at radius 1 is 1.04 bits per heavy atom. The quantitative estimate of drug-likeness (QED) is 0.782. The smallest absolute Gasteiger partial charge is 0.0458 e. The average molecular weight is 329 g/mol. The number of piperidine rings is 1. The summed E-state index contributed by atoms with van der Waals surface area (Å²) in [7, 11) is 4.55. The zero-order valence-corrected chi connectivity index (χ0v) is 16.2. The zero-order chi connectivity index (χ0) is 17.2. The van der Waals surface area contributed by atoms with Crippen molar-refractivity contribution in [2.75, 3.05) is 27.2 Å². The van der Waals surface area contributed by atoms with Gasteiger partial charge in [0.05, 0.1) is 0 Å². The van der Waals surface area contributed by atoms with Crippen LogP contribution in [0.5, 0.6) is 0 Å². The summed E-state index contributed by atoms with van der Waals surface area (Å²) < 4.78 is 0. The first kappa shape index (κ1) is 17.9. The van der Waals surface area contributed by atoms with Crippen molar-refractivity contribution in [3.8, 4) is 0 Å². The van der Waals surface area contributed by atoms with E-state index in [2.05, 4.69) is 62.0 Å². The van der Waals surface area contributed by atoms with E-state index in [1.54, 1.807) is 5.56 Å². The fourth-order valence-electron chi connectivity index (χ4n) is 5.22. The van der Waals surface area contributed by atoms with Crippen molar-refractivity contribution in [1.82, 2.24) is 9.80 Å². The fraction of sp³-hybridized carbons (Fsp3) is 0.727. The first-order chi connectivity index (χ1) is 11.6. The number of nitrogens with zero attached hydrogens (tertiary/aromatic N) is 2. The molecule has 0 unspecified atom stereocenters. The van der Waals surface area contributed by atoms with Gasteiger partial charge in [-0.15, -0.1) is 0 Å². The molecule has 134 valence electrons. The molecule has 0 bridgehead atoms. The minimum absolute atomic E-state index is 0.240. The topological polar surface area (TPSA) is 6.48 Å². The summed E-state index contributed by atoms with van der Waals surface area (Å²) in [4.78, 5) is 5.30. The van der Waals surface area contributed by atoms with Gasteiger partial charge in [0.25, 0.3) is 0 Å². The number of aryl methyl sites for hydroxylation is 1. The molecule has 0 N–H and O–H groups in total. The summed E-state index contributed by atoms with van der Waals surface area (Å²) in [6, 6.07) is 9.85. The molecular formula is C22H36N2. The molecule has 0 amide bonds. The lowest BCUT2D eigenvalue weighted by molar-refractivity contribution is 0.0351. The Kier molecular flexibility index (Phi) is 5.66. The van der Waals surface area contributed by atoms with Crippen LogP contribution in [0, 0.1) is 12.8 Å². The summed E-state index contributed by atoms with van der Waals surface area (Å²) in [6.07, 6.45) is 9.50. The molecule has 1 aliphatic carbocycles. The van der Waals surface area contributed by atoms with Gasteiger partial charge in [-0.05, 0) is 89.7 Å². The molecule has 0 atom stereocenters. The van der Waals surface area contributed by atoms with Crippen LogP contribution < -0.4 is 0 Å². The van der Waals surface area contributed by atoms with E-state index >= 15 is 0 Å². The zero-order valence-electron chi connectivity index (χ0n) is 16.2. The highest BCUT2D eigenvalue weighted by Crippen LogP contribution is 2.43. The molecule has 1 saturated carbocycles. The van der Waals surface area contributed by atoms with Crippen LogP contribution in [-0.2, 0) is 5.54 Å². The molecule has 1 aromatic rings. The van der Waals surface area contributed by atoms with Crippen LogP contribution in [0.4, 0.5) is 0 Å². The monoisotopic (exact) mass is 328 g/mol. The highest BCUT2D eigenvalue weighted by atomic mass is 15.2. The number of likely N-dealkylation sites (tertiary alicyclic amines) is 1. The molecule has 2 fully saturated rings. The average Bonchev–Trinajstić information content (AvgIpc) is 2.62. The van der Waals surface area contributed by atoms with Crippen molar-refractivity contribution in [3.63, 3.8) is 0 Å². The van der Waals surface area contributed by atoms with Crippen LogP contribution in [-0.4, -0.2) is 43.0 Å². The molecule has 1 saturated heterocycles. The predicted octanol–water partition coefficient (Wildman–Crippen LogP) is 4.82. The van der Waals surface area contributed by atoms with Gasteiger partial charge in [-0.1, -0.05) is 37.6 Å². The first-order valence-electron chi connectivity index (χ1n) is 10.0. The minimum atomic E-state index is 0.240. The largest absolute Gasteiger partial charge is 0.300 e. The molecular weight excluding hydrogens is 292 g/mol. The molecule has 2 aliphatic rings. The number of rotatable bonds is 4. The van der Waals surface area contributed by atoms with Crippen molar-refractivity contribution in [3.05, 3.63) is 35.4 Å². The molecule has 1 heterocycles. The molecule has 24 heavy (non-hydrogen) atoms. The van der Waals surface area contributed by atoms with Gasteiger partial charge in [-0.25, -0.2) is 0 Å². The van der Waals surface area contributed by atoms with E-state index in [1.165, 1.54) is 63.6 Å². The number of hydrogen-bond donors (Lipinski definition) is 0. The molecule has 0 spiro atoms. The van der Waals surface area contributed by atoms with Gasteiger partial charge < -0.3 is 4.90 Å². The van der Waals surface area contributed by atoms with Crippen molar-refractivity contribution < 1.29 is 0 Å². The Morgan fingerprint density at radius 2 is 1.67 bits per heavy atom. The molecule has 1 aromatic carbocycles. The SMILES string of the molecule is CCC1CCN(C2CCC(c3ccccc3C)(N(C)C)CC2)CC1. The summed E-state index contributed by atoms with van der Waals surface area (Å²) in [6.45, 7) is 7.31. The Bertz CT molecular complexity index is 521. The van der Waals surface area contributed by atoms with E-state index in [9.17, 15) is 0 Å². The third-order valence-electron chi connectivity index (χ3n) is 7.03. The van der Waals surface area contributed by atoms with Gasteiger partial charge in [0, 0.05) is 11.6 Å². The van der Waals surface area contributed by atoms with E-state index in [-0.39, 0.29) is 5.54 Å². The van der Waals surface area contributed by atoms with Gasteiger partial charge in [0.1, 0.15) is 0 Å². The van der Waals surface area contributed by atoms with E-state index in [0.717, 1.165) is 12.0 Å². The Morgan fingerprint density at radius 3 is 2.21 bits per heavy atom. The van der Waals surface area contributed by atoms with Gasteiger partial charge in [-0.3, -0.25) is 4.90 Å². The van der Waals surface area contributed by atoms with Crippen LogP contribution in [0.3, 0.4) is 0 Å². The number of benzene rings is 1. The standard InChI is InChI=1S/C22H36N2/c1-5-19-12-16-24(17-13-19)20-10-14-22(15-11-20,23(3)4)21-9-7-6-8-18(21)2/h6-9,19-20H,5,10-17H2,1-4H3. The van der Waals surface area contributed by atoms with Crippen LogP contribution in [0.15, 0.2) is 24.3 Å². The van der Waals surface area contributed by atoms with Gasteiger partial charge in [0.2, 0.25) is 0 Å². The van der Waals surface area contributed by atoms with Crippen LogP contribution in [0.2, 0.25) is 0 Å². The number of hydrogen-bond acceptors (Lipinski definition) is 2. The van der Waals surface area contributed by atoms with Gasteiger partial charge >= 0.3 is 0 Å². The third-order valence-corrected chi connectivity index (χ3v) is 7.03. The molecule has 2 heteroatoms. The lowest BCUT2D eigenvalue weighted by Gasteiger charge is -2.49. The van der Waals surface area contributed by atoms with Crippen molar-refractivity contribution in [2.24, 2.45) is 5.92 Å². The first-order valence-corrected chi connectivity index (χ1v) is 10.0. The molecule has 3 rings (SSSR count). The molecule has 1 aliphatic heterocycles. The predicted molar refractivity (Wildman–Crippen MR) is 103 cm³/mol. The third kappa shape index (κ3) is 3.41. The normalized spacial score (nSPS) is 30.0. The molecule has 2 nitrogen and oxygen atoms in total. The van der Waals surface area contributed by atoms with Crippen LogP contribution >= 0.6 is 0 Å². The summed E-state index contributed by atoms with van der Waals surface area (Å²) >= 11 is 0. The Balaban J connectivity index is 1.69. The second-order valence-electron chi connectivity index (χ2n) is 8.36. The molecule has 0 radical (unpaired) electrons. The fourth-order valence-corrected chi connectivity index (χ4v) is 5.22. The summed E-state index contributed by atoms with van der Waals surface area (Å²) in [5.41, 5.74) is 3.25. The van der Waals surface area contributed by atoms with E-state index in [0.29, 0.717) is 0 Å². The maximum absolute atomic E-state index is 2.81. The van der Waals surface area contributed by atoms with Gasteiger partial charge in [0.15, 0.2) is 0 Å². The second kappa shape index (κ2) is 7.58. The Hall–Kier alpha value is -0.860. The Labute approximate surface area is 149 Å². The highest BCUT2D eigenvalue weighted by molar-refractivity contribution is 5.33. The van der Waals surface area contributed by atoms with Crippen molar-refractivity contribution in [1.29, 1.82) is 0 Å². The maximum Gasteiger partial charge on any atom is 0.0458 e. The van der Waals surface area contributed by atoms with Crippen molar-refractivity contribution >= 4 is 0 Å². The van der Waals surface area contributed by atoms with Crippen molar-refractivity contribution in [2.45, 2.75) is 70.4 Å². The molecule has 0 aromatic heterocycles. The maximum atomic E-state index is 2.81. The van der Waals surface area contributed by atoms with Gasteiger partial charge in [-0.2, -0.15) is 0 Å².